The van der Waals surface area contributed by atoms with Gasteiger partial charge in [-0.1, -0.05) is 12.1 Å². The van der Waals surface area contributed by atoms with Gasteiger partial charge in [-0.25, -0.2) is 4.39 Å². The molecule has 0 atom stereocenters. The lowest BCUT2D eigenvalue weighted by Crippen LogP contribution is -2.22. The van der Waals surface area contributed by atoms with Gasteiger partial charge in [-0.2, -0.15) is 0 Å². The van der Waals surface area contributed by atoms with E-state index < -0.39 is 23.4 Å². The Morgan fingerprint density at radius 1 is 1.17 bits per heavy atom. The maximum atomic E-state index is 13.5. The van der Waals surface area contributed by atoms with E-state index in [1.807, 2.05) is 5.32 Å². The average Bonchev–Trinajstić information content (AvgIpc) is 2.84. The molecule has 0 unspecified atom stereocenters. The molecule has 2 heterocycles. The van der Waals surface area contributed by atoms with Crippen molar-refractivity contribution in [2.45, 2.75) is 0 Å². The number of para-hydroxylation sites is 1. The molecule has 1 aliphatic rings. The highest BCUT2D eigenvalue weighted by atomic mass is 19.1. The van der Waals surface area contributed by atoms with Crippen molar-refractivity contribution in [2.24, 2.45) is 0 Å². The van der Waals surface area contributed by atoms with E-state index in [2.05, 4.69) is 4.98 Å². The largest absolute Gasteiger partial charge is 0.502 e. The van der Waals surface area contributed by atoms with Gasteiger partial charge in [-0.05, 0) is 6.07 Å². The van der Waals surface area contributed by atoms with Crippen LogP contribution in [-0.2, 0) is 9.59 Å². The minimum atomic E-state index is -0.847. The number of amides is 2. The minimum Gasteiger partial charge on any atom is -0.502 e. The number of rotatable bonds is 1. The smallest absolute Gasteiger partial charge is 0.293 e. The minimum absolute atomic E-state index is 0.142. The first-order valence-corrected chi connectivity index (χ1v) is 5.14. The van der Waals surface area contributed by atoms with Gasteiger partial charge in [0.15, 0.2) is 5.76 Å². The summed E-state index contributed by atoms with van der Waals surface area (Å²) in [6, 6.07) is 4.36. The maximum Gasteiger partial charge on any atom is 0.293 e. The van der Waals surface area contributed by atoms with Crippen molar-refractivity contribution in [3.05, 3.63) is 41.5 Å². The molecule has 18 heavy (non-hydrogen) atoms. The van der Waals surface area contributed by atoms with Crippen LogP contribution in [0.3, 0.4) is 0 Å². The van der Waals surface area contributed by atoms with Crippen LogP contribution in [0.25, 0.3) is 16.5 Å². The Morgan fingerprint density at radius 3 is 2.61 bits per heavy atom. The molecule has 1 aromatic carbocycles. The van der Waals surface area contributed by atoms with Gasteiger partial charge in [0.25, 0.3) is 11.8 Å². The van der Waals surface area contributed by atoms with E-state index in [1.54, 1.807) is 6.07 Å². The molecule has 90 valence electrons. The number of benzene rings is 1. The van der Waals surface area contributed by atoms with Crippen LogP contribution < -0.4 is 5.32 Å². The molecule has 2 aromatic rings. The first-order valence-electron chi connectivity index (χ1n) is 5.14. The fourth-order valence-corrected chi connectivity index (χ4v) is 2.02. The van der Waals surface area contributed by atoms with Crippen molar-refractivity contribution in [1.29, 1.82) is 0 Å². The number of aromatic amines is 1. The summed E-state index contributed by atoms with van der Waals surface area (Å²) in [6.45, 7) is 0. The van der Waals surface area contributed by atoms with Crippen LogP contribution >= 0.6 is 0 Å². The van der Waals surface area contributed by atoms with Crippen molar-refractivity contribution in [3.8, 4) is 0 Å². The van der Waals surface area contributed by atoms with E-state index in [1.165, 1.54) is 18.3 Å². The van der Waals surface area contributed by atoms with E-state index >= 15 is 0 Å². The lowest BCUT2D eigenvalue weighted by atomic mass is 10.0. The monoisotopic (exact) mass is 246 g/mol. The van der Waals surface area contributed by atoms with Crippen molar-refractivity contribution in [2.75, 3.05) is 0 Å². The number of aliphatic hydroxyl groups excluding tert-OH is 1. The number of H-pyrrole nitrogens is 1. The van der Waals surface area contributed by atoms with Gasteiger partial charge in [-0.3, -0.25) is 14.9 Å². The van der Waals surface area contributed by atoms with Crippen LogP contribution in [0.1, 0.15) is 5.56 Å². The number of fused-ring (bicyclic) bond motifs is 1. The van der Waals surface area contributed by atoms with Crippen LogP contribution in [0.4, 0.5) is 4.39 Å². The number of carbonyl (C=O) groups excluding carboxylic acids is 2. The van der Waals surface area contributed by atoms with Crippen LogP contribution in [-0.4, -0.2) is 21.9 Å². The number of carbonyl (C=O) groups is 2. The molecule has 3 N–H and O–H groups in total. The summed E-state index contributed by atoms with van der Waals surface area (Å²) < 4.78 is 13.5. The lowest BCUT2D eigenvalue weighted by molar-refractivity contribution is -0.124. The second-order valence-electron chi connectivity index (χ2n) is 3.87. The summed E-state index contributed by atoms with van der Waals surface area (Å²) in [5.41, 5.74) is 0.377. The molecule has 0 aliphatic carbocycles. The van der Waals surface area contributed by atoms with Crippen LogP contribution in [0, 0.1) is 5.82 Å². The summed E-state index contributed by atoms with van der Waals surface area (Å²) in [4.78, 5) is 25.4. The fraction of sp³-hybridized carbons (Fsp3) is 0. The molecular weight excluding hydrogens is 239 g/mol. The maximum absolute atomic E-state index is 13.5. The Morgan fingerprint density at radius 2 is 1.94 bits per heavy atom. The molecule has 6 heteroatoms. The number of hydrogen-bond acceptors (Lipinski definition) is 3. The van der Waals surface area contributed by atoms with E-state index in [0.717, 1.165) is 0 Å². The third-order valence-electron chi connectivity index (χ3n) is 2.84. The second kappa shape index (κ2) is 3.43. The van der Waals surface area contributed by atoms with E-state index in [0.29, 0.717) is 10.9 Å². The summed E-state index contributed by atoms with van der Waals surface area (Å²) in [5.74, 6) is -2.66. The van der Waals surface area contributed by atoms with Crippen molar-refractivity contribution in [3.63, 3.8) is 0 Å². The second-order valence-corrected chi connectivity index (χ2v) is 3.87. The normalized spacial score (nSPS) is 15.6. The van der Waals surface area contributed by atoms with Gasteiger partial charge in [0.05, 0.1) is 11.1 Å². The SMILES string of the molecule is O=C1NC(=O)C(c2c[nH]c3c(F)cccc23)=C1O. The predicted molar refractivity (Wildman–Crippen MR) is 61.0 cm³/mol. The molecule has 0 bridgehead atoms. The lowest BCUT2D eigenvalue weighted by Gasteiger charge is -1.98. The molecular formula is C12H7FN2O3. The van der Waals surface area contributed by atoms with Gasteiger partial charge in [0.1, 0.15) is 5.82 Å². The third kappa shape index (κ3) is 1.26. The van der Waals surface area contributed by atoms with Crippen molar-refractivity contribution < 1.29 is 19.1 Å². The van der Waals surface area contributed by atoms with Gasteiger partial charge in [0.2, 0.25) is 0 Å². The zero-order valence-corrected chi connectivity index (χ0v) is 8.95. The van der Waals surface area contributed by atoms with Crippen molar-refractivity contribution >= 4 is 28.3 Å². The molecule has 1 aromatic heterocycles. The quantitative estimate of drug-likeness (QED) is 0.662. The Labute approximate surface area is 99.9 Å². The van der Waals surface area contributed by atoms with Crippen molar-refractivity contribution in [1.82, 2.24) is 10.3 Å². The number of aromatic nitrogens is 1. The van der Waals surface area contributed by atoms with E-state index in [4.69, 9.17) is 0 Å². The zero-order chi connectivity index (χ0) is 12.9. The highest BCUT2D eigenvalue weighted by Gasteiger charge is 2.32. The standard InChI is InChI=1S/C12H7FN2O3/c13-7-3-1-2-5-6(4-14-9(5)7)8-10(16)12(18)15-11(8)17/h1-4,14H,(H2,15,16,17,18). The van der Waals surface area contributed by atoms with Crippen LogP contribution in [0.15, 0.2) is 30.2 Å². The van der Waals surface area contributed by atoms with Gasteiger partial charge >= 0.3 is 0 Å². The summed E-state index contributed by atoms with van der Waals surface area (Å²) in [6.07, 6.45) is 1.39. The first-order chi connectivity index (χ1) is 8.59. The predicted octanol–water partition coefficient (Wildman–Crippen LogP) is 1.23. The first kappa shape index (κ1) is 10.5. The molecule has 0 radical (unpaired) electrons. The molecule has 0 saturated heterocycles. The Hall–Kier alpha value is -2.63. The molecule has 5 nitrogen and oxygen atoms in total. The highest BCUT2D eigenvalue weighted by Crippen LogP contribution is 2.30. The van der Waals surface area contributed by atoms with Crippen LogP contribution in [0.5, 0.6) is 0 Å². The Bertz CT molecular complexity index is 730. The van der Waals surface area contributed by atoms with E-state index in [-0.39, 0.29) is 11.1 Å². The van der Waals surface area contributed by atoms with Gasteiger partial charge in [-0.15, -0.1) is 0 Å². The Kier molecular flexibility index (Phi) is 2.00. The number of nitrogens with one attached hydrogen (secondary N) is 2. The number of imide groups is 1. The van der Waals surface area contributed by atoms with Crippen LogP contribution in [0.2, 0.25) is 0 Å². The molecule has 0 saturated carbocycles. The number of halogens is 1. The summed E-state index contributed by atoms with van der Waals surface area (Å²) in [5, 5.41) is 12.0. The third-order valence-corrected chi connectivity index (χ3v) is 2.84. The summed E-state index contributed by atoms with van der Waals surface area (Å²) >= 11 is 0. The molecule has 0 fully saturated rings. The summed E-state index contributed by atoms with van der Waals surface area (Å²) in [7, 11) is 0. The highest BCUT2D eigenvalue weighted by molar-refractivity contribution is 6.36. The topological polar surface area (TPSA) is 82.2 Å². The van der Waals surface area contributed by atoms with E-state index in [9.17, 15) is 19.1 Å². The molecule has 2 amide bonds. The van der Waals surface area contributed by atoms with Gasteiger partial charge < -0.3 is 10.1 Å². The molecule has 0 spiro atoms. The average molecular weight is 246 g/mol. The Balaban J connectivity index is 2.31. The zero-order valence-electron chi connectivity index (χ0n) is 8.95. The molecule has 3 rings (SSSR count). The fourth-order valence-electron chi connectivity index (χ4n) is 2.02. The number of hydrogen-bond donors (Lipinski definition) is 3. The number of aliphatic hydroxyl groups is 1. The van der Waals surface area contributed by atoms with Gasteiger partial charge in [0, 0.05) is 17.1 Å². The molecule has 1 aliphatic heterocycles.